The molecule has 28 heavy (non-hydrogen) atoms. The number of carbonyl (C=O) groups is 4. The van der Waals surface area contributed by atoms with E-state index in [4.69, 9.17) is 4.74 Å². The van der Waals surface area contributed by atoms with Gasteiger partial charge in [-0.25, -0.2) is 0 Å². The van der Waals surface area contributed by atoms with E-state index in [1.807, 2.05) is 0 Å². The second-order valence-electron chi connectivity index (χ2n) is 6.04. The molecule has 2 rings (SSSR count). The Hall–Kier alpha value is -3.88. The maximum Gasteiger partial charge on any atom is 0.334 e. The standard InChI is InChI=1S/C19H16O9/c1-18(14(20)21,19(15(22)23,16(24)25)17(26)27)11-7-9-13(10-8-11)28-12-5-3-2-4-6-12/h2-10H,1H3,(H,20,21)(H,22,23)(H,24,25)(H,26,27). The fourth-order valence-corrected chi connectivity index (χ4v) is 2.90. The number of hydrogen-bond donors (Lipinski definition) is 4. The van der Waals surface area contributed by atoms with Crippen LogP contribution in [0.1, 0.15) is 12.5 Å². The van der Waals surface area contributed by atoms with Gasteiger partial charge in [0.05, 0.1) is 0 Å². The first-order valence-corrected chi connectivity index (χ1v) is 7.85. The number of carboxylic acids is 4. The second kappa shape index (κ2) is 7.39. The smallest absolute Gasteiger partial charge is 0.334 e. The maximum atomic E-state index is 11.9. The predicted molar refractivity (Wildman–Crippen MR) is 93.3 cm³/mol. The summed E-state index contributed by atoms with van der Waals surface area (Å²) in [5, 5.41) is 37.9. The van der Waals surface area contributed by atoms with Crippen LogP contribution in [0.3, 0.4) is 0 Å². The molecule has 1 unspecified atom stereocenters. The summed E-state index contributed by atoms with van der Waals surface area (Å²) in [6, 6.07) is 13.4. The molecule has 0 saturated heterocycles. The van der Waals surface area contributed by atoms with Gasteiger partial charge in [0.1, 0.15) is 16.9 Å². The van der Waals surface area contributed by atoms with Crippen molar-refractivity contribution in [2.45, 2.75) is 12.3 Å². The van der Waals surface area contributed by atoms with Crippen LogP contribution in [-0.2, 0) is 24.6 Å². The lowest BCUT2D eigenvalue weighted by Gasteiger charge is -2.36. The van der Waals surface area contributed by atoms with Gasteiger partial charge in [0.15, 0.2) is 0 Å². The topological polar surface area (TPSA) is 158 Å². The second-order valence-corrected chi connectivity index (χ2v) is 6.04. The molecule has 0 fully saturated rings. The van der Waals surface area contributed by atoms with Crippen molar-refractivity contribution in [1.82, 2.24) is 0 Å². The molecule has 0 bridgehead atoms. The molecule has 0 amide bonds. The van der Waals surface area contributed by atoms with Gasteiger partial charge < -0.3 is 25.2 Å². The molecule has 0 aromatic heterocycles. The summed E-state index contributed by atoms with van der Waals surface area (Å²) in [5.74, 6) is -8.09. The van der Waals surface area contributed by atoms with E-state index in [0.717, 1.165) is 19.1 Å². The number of ether oxygens (including phenoxy) is 1. The Morgan fingerprint density at radius 1 is 0.679 bits per heavy atom. The first-order valence-electron chi connectivity index (χ1n) is 7.85. The van der Waals surface area contributed by atoms with Crippen molar-refractivity contribution in [3.05, 3.63) is 60.2 Å². The number of hydrogen-bond acceptors (Lipinski definition) is 5. The normalized spacial score (nSPS) is 13.2. The van der Waals surface area contributed by atoms with Crippen LogP contribution in [0, 0.1) is 5.41 Å². The monoisotopic (exact) mass is 388 g/mol. The third-order valence-corrected chi connectivity index (χ3v) is 4.55. The lowest BCUT2D eigenvalue weighted by molar-refractivity contribution is -0.187. The Labute approximate surface area is 158 Å². The van der Waals surface area contributed by atoms with Gasteiger partial charge in [-0.3, -0.25) is 19.2 Å². The molecule has 0 aliphatic heterocycles. The molecular weight excluding hydrogens is 372 g/mol. The highest BCUT2D eigenvalue weighted by Gasteiger charge is 2.71. The highest BCUT2D eigenvalue weighted by atomic mass is 16.5. The molecule has 9 nitrogen and oxygen atoms in total. The number of carboxylic acid groups (broad SMARTS) is 4. The zero-order valence-corrected chi connectivity index (χ0v) is 14.5. The van der Waals surface area contributed by atoms with Gasteiger partial charge in [-0.2, -0.15) is 0 Å². The molecule has 4 N–H and O–H groups in total. The fraction of sp³-hybridized carbons (Fsp3) is 0.158. The number of para-hydroxylation sites is 1. The van der Waals surface area contributed by atoms with E-state index in [9.17, 15) is 39.6 Å². The first kappa shape index (κ1) is 20.4. The van der Waals surface area contributed by atoms with Crippen LogP contribution >= 0.6 is 0 Å². The van der Waals surface area contributed by atoms with Gasteiger partial charge in [0.2, 0.25) is 0 Å². The van der Waals surface area contributed by atoms with Crippen molar-refractivity contribution < 1.29 is 44.3 Å². The minimum Gasteiger partial charge on any atom is -0.481 e. The number of rotatable bonds is 8. The van der Waals surface area contributed by atoms with Gasteiger partial charge in [-0.15, -0.1) is 0 Å². The largest absolute Gasteiger partial charge is 0.481 e. The minimum atomic E-state index is -3.65. The molecule has 0 heterocycles. The molecule has 9 heteroatoms. The van der Waals surface area contributed by atoms with Crippen molar-refractivity contribution in [1.29, 1.82) is 0 Å². The Morgan fingerprint density at radius 2 is 1.11 bits per heavy atom. The SMILES string of the molecule is CC(C(=O)O)(c1ccc(Oc2ccccc2)cc1)C(C(=O)O)(C(=O)O)C(=O)O. The number of benzene rings is 2. The van der Waals surface area contributed by atoms with Crippen LogP contribution in [0.2, 0.25) is 0 Å². The fourth-order valence-electron chi connectivity index (χ4n) is 2.90. The molecule has 2 aromatic rings. The van der Waals surface area contributed by atoms with Crippen LogP contribution in [0.4, 0.5) is 0 Å². The number of aliphatic carboxylic acids is 4. The van der Waals surface area contributed by atoms with E-state index in [1.165, 1.54) is 12.1 Å². The third-order valence-electron chi connectivity index (χ3n) is 4.55. The van der Waals surface area contributed by atoms with Crippen molar-refractivity contribution in [2.75, 3.05) is 0 Å². The molecule has 0 spiro atoms. The lowest BCUT2D eigenvalue weighted by Crippen LogP contribution is -2.62. The maximum absolute atomic E-state index is 11.9. The Morgan fingerprint density at radius 3 is 1.50 bits per heavy atom. The summed E-state index contributed by atoms with van der Waals surface area (Å²) in [6.07, 6.45) is 0. The highest BCUT2D eigenvalue weighted by molar-refractivity contribution is 6.21. The molecule has 146 valence electrons. The molecule has 2 aromatic carbocycles. The summed E-state index contributed by atoms with van der Waals surface area (Å²) < 4.78 is 5.54. The molecular formula is C19H16O9. The van der Waals surface area contributed by atoms with E-state index in [-0.39, 0.29) is 11.3 Å². The quantitative estimate of drug-likeness (QED) is 0.496. The van der Waals surface area contributed by atoms with Gasteiger partial charge in [0, 0.05) is 0 Å². The summed E-state index contributed by atoms with van der Waals surface area (Å²) in [4.78, 5) is 47.0. The van der Waals surface area contributed by atoms with Crippen LogP contribution in [0.15, 0.2) is 54.6 Å². The van der Waals surface area contributed by atoms with Gasteiger partial charge in [-0.1, -0.05) is 30.3 Å². The third kappa shape index (κ3) is 3.02. The molecule has 0 aliphatic rings. The van der Waals surface area contributed by atoms with E-state index in [0.29, 0.717) is 5.75 Å². The van der Waals surface area contributed by atoms with Crippen molar-refractivity contribution >= 4 is 23.9 Å². The Bertz CT molecular complexity index is 882. The van der Waals surface area contributed by atoms with E-state index < -0.39 is 34.7 Å². The van der Waals surface area contributed by atoms with Crippen LogP contribution in [0.5, 0.6) is 11.5 Å². The summed E-state index contributed by atoms with van der Waals surface area (Å²) in [5.41, 5.74) is -6.80. The average Bonchev–Trinajstić information content (AvgIpc) is 2.62. The Balaban J connectivity index is 2.59. The van der Waals surface area contributed by atoms with E-state index in [2.05, 4.69) is 0 Å². The Kier molecular flexibility index (Phi) is 5.39. The minimum absolute atomic E-state index is 0.259. The molecule has 0 aliphatic carbocycles. The van der Waals surface area contributed by atoms with E-state index >= 15 is 0 Å². The van der Waals surface area contributed by atoms with Crippen molar-refractivity contribution in [3.8, 4) is 11.5 Å². The lowest BCUT2D eigenvalue weighted by atomic mass is 9.60. The van der Waals surface area contributed by atoms with Crippen LogP contribution in [0.25, 0.3) is 0 Å². The van der Waals surface area contributed by atoms with Crippen LogP contribution in [-0.4, -0.2) is 44.3 Å². The summed E-state index contributed by atoms with van der Waals surface area (Å²) in [7, 11) is 0. The molecule has 1 atom stereocenters. The first-order chi connectivity index (χ1) is 13.1. The summed E-state index contributed by atoms with van der Waals surface area (Å²) >= 11 is 0. The van der Waals surface area contributed by atoms with E-state index in [1.54, 1.807) is 30.3 Å². The van der Waals surface area contributed by atoms with Gasteiger partial charge in [0.25, 0.3) is 5.41 Å². The van der Waals surface area contributed by atoms with Crippen molar-refractivity contribution in [3.63, 3.8) is 0 Å². The zero-order chi connectivity index (χ0) is 21.1. The van der Waals surface area contributed by atoms with Gasteiger partial charge in [-0.05, 0) is 36.8 Å². The van der Waals surface area contributed by atoms with Crippen LogP contribution < -0.4 is 4.74 Å². The molecule has 0 radical (unpaired) electrons. The van der Waals surface area contributed by atoms with Crippen molar-refractivity contribution in [2.24, 2.45) is 5.41 Å². The summed E-state index contributed by atoms with van der Waals surface area (Å²) in [6.45, 7) is 0.749. The predicted octanol–water partition coefficient (Wildman–Crippen LogP) is 2.06. The van der Waals surface area contributed by atoms with Gasteiger partial charge >= 0.3 is 23.9 Å². The molecule has 0 saturated carbocycles. The average molecular weight is 388 g/mol. The zero-order valence-electron chi connectivity index (χ0n) is 14.5. The highest BCUT2D eigenvalue weighted by Crippen LogP contribution is 2.44.